The Morgan fingerprint density at radius 3 is 2.90 bits per heavy atom. The van der Waals surface area contributed by atoms with Crippen LogP contribution in [-0.2, 0) is 6.42 Å². The van der Waals surface area contributed by atoms with Gasteiger partial charge in [0.15, 0.2) is 0 Å². The van der Waals surface area contributed by atoms with Crippen LogP contribution in [0.4, 0.5) is 10.1 Å². The van der Waals surface area contributed by atoms with Gasteiger partial charge in [0.1, 0.15) is 5.82 Å². The molecule has 5 heteroatoms. The van der Waals surface area contributed by atoms with E-state index in [-0.39, 0.29) is 5.82 Å². The molecule has 106 valence electrons. The summed E-state index contributed by atoms with van der Waals surface area (Å²) in [4.78, 5) is 2.31. The maximum absolute atomic E-state index is 13.2. The third kappa shape index (κ3) is 2.82. The number of rotatable bonds is 3. The first-order valence-electron chi connectivity index (χ1n) is 6.99. The number of hydrogen-bond donors (Lipinski definition) is 2. The zero-order valence-corrected chi connectivity index (χ0v) is 11.3. The molecule has 1 saturated heterocycles. The molecule has 0 bridgehead atoms. The number of aromatic nitrogens is 2. The molecule has 3 rings (SSSR count). The Bertz CT molecular complexity index is 573. The molecule has 1 aromatic heterocycles. The van der Waals surface area contributed by atoms with Crippen LogP contribution in [0, 0.1) is 5.82 Å². The highest BCUT2D eigenvalue weighted by atomic mass is 19.1. The van der Waals surface area contributed by atoms with Gasteiger partial charge in [0.2, 0.25) is 0 Å². The molecule has 2 aromatic rings. The van der Waals surface area contributed by atoms with Crippen LogP contribution in [0.2, 0.25) is 0 Å². The van der Waals surface area contributed by atoms with Gasteiger partial charge in [-0.15, -0.1) is 0 Å². The van der Waals surface area contributed by atoms with Crippen LogP contribution in [0.1, 0.15) is 24.1 Å². The molecule has 1 aliphatic rings. The summed E-state index contributed by atoms with van der Waals surface area (Å²) in [5.74, 6) is -0.201. The number of nitrogens with zero attached hydrogens (tertiary/aromatic N) is 2. The van der Waals surface area contributed by atoms with Crippen LogP contribution in [0.3, 0.4) is 0 Å². The fourth-order valence-electron chi connectivity index (χ4n) is 2.70. The van der Waals surface area contributed by atoms with E-state index in [4.69, 9.17) is 5.73 Å². The molecule has 20 heavy (non-hydrogen) atoms. The topological polar surface area (TPSA) is 57.9 Å². The van der Waals surface area contributed by atoms with E-state index in [0.717, 1.165) is 42.9 Å². The molecule has 1 aliphatic heterocycles. The number of aromatic amines is 1. The van der Waals surface area contributed by atoms with Gasteiger partial charge in [-0.2, -0.15) is 5.10 Å². The lowest BCUT2D eigenvalue weighted by molar-refractivity contribution is 0.500. The zero-order valence-electron chi connectivity index (χ0n) is 11.3. The second-order valence-electron chi connectivity index (χ2n) is 5.36. The summed E-state index contributed by atoms with van der Waals surface area (Å²) >= 11 is 0. The number of nitrogens with two attached hydrogens (primary N) is 1. The summed E-state index contributed by atoms with van der Waals surface area (Å²) in [6.07, 6.45) is 4.52. The second-order valence-corrected chi connectivity index (χ2v) is 5.36. The minimum absolute atomic E-state index is 0.201. The molecule has 2 heterocycles. The summed E-state index contributed by atoms with van der Waals surface area (Å²) in [7, 11) is 0. The van der Waals surface area contributed by atoms with E-state index in [9.17, 15) is 4.39 Å². The Balaban J connectivity index is 1.76. The predicted molar refractivity (Wildman–Crippen MR) is 77.2 cm³/mol. The Labute approximate surface area is 117 Å². The highest BCUT2D eigenvalue weighted by Gasteiger charge is 2.19. The molecule has 1 aromatic carbocycles. The van der Waals surface area contributed by atoms with Gasteiger partial charge in [-0.05, 0) is 30.5 Å². The van der Waals surface area contributed by atoms with Crippen LogP contribution < -0.4 is 10.6 Å². The average molecular weight is 274 g/mol. The molecule has 0 aliphatic carbocycles. The first kappa shape index (κ1) is 13.1. The van der Waals surface area contributed by atoms with Crippen LogP contribution >= 0.6 is 0 Å². The first-order valence-corrected chi connectivity index (χ1v) is 6.99. The summed E-state index contributed by atoms with van der Waals surface area (Å²) in [5, 5.41) is 7.18. The van der Waals surface area contributed by atoms with Crippen LogP contribution in [0.15, 0.2) is 30.5 Å². The Morgan fingerprint density at radius 2 is 2.15 bits per heavy atom. The van der Waals surface area contributed by atoms with E-state index >= 15 is 0 Å². The third-order valence-electron chi connectivity index (χ3n) is 3.85. The number of hydrogen-bond acceptors (Lipinski definition) is 3. The van der Waals surface area contributed by atoms with Gasteiger partial charge in [-0.3, -0.25) is 5.10 Å². The number of anilines is 1. The molecule has 0 saturated carbocycles. The lowest BCUT2D eigenvalue weighted by Gasteiger charge is -2.31. The van der Waals surface area contributed by atoms with Crippen molar-refractivity contribution in [1.29, 1.82) is 0 Å². The van der Waals surface area contributed by atoms with E-state index in [1.165, 1.54) is 6.07 Å². The fraction of sp³-hybridized carbons (Fsp3) is 0.400. The maximum atomic E-state index is 13.2. The van der Waals surface area contributed by atoms with Crippen molar-refractivity contribution in [3.8, 4) is 0 Å². The molecule has 0 spiro atoms. The molecule has 0 unspecified atom stereocenters. The van der Waals surface area contributed by atoms with E-state index in [1.54, 1.807) is 12.1 Å². The molecular weight excluding hydrogens is 255 g/mol. The van der Waals surface area contributed by atoms with E-state index in [1.807, 2.05) is 12.3 Å². The number of H-pyrrole nitrogens is 1. The SMILES string of the molecule is NC1CCN(c2cn[nH]c2Cc2cccc(F)c2)CC1. The largest absolute Gasteiger partial charge is 0.369 e. The van der Waals surface area contributed by atoms with E-state index < -0.39 is 0 Å². The fourth-order valence-corrected chi connectivity index (χ4v) is 2.70. The summed E-state index contributed by atoms with van der Waals surface area (Å²) < 4.78 is 13.2. The van der Waals surface area contributed by atoms with Crippen LogP contribution in [-0.4, -0.2) is 29.3 Å². The van der Waals surface area contributed by atoms with Crippen molar-refractivity contribution in [2.24, 2.45) is 5.73 Å². The highest BCUT2D eigenvalue weighted by molar-refractivity contribution is 5.51. The molecule has 1 fully saturated rings. The summed E-state index contributed by atoms with van der Waals surface area (Å²) in [6, 6.07) is 7.01. The lowest BCUT2D eigenvalue weighted by Crippen LogP contribution is -2.39. The van der Waals surface area contributed by atoms with Gasteiger partial charge >= 0.3 is 0 Å². The summed E-state index contributed by atoms with van der Waals surface area (Å²) in [6.45, 7) is 1.91. The van der Waals surface area contributed by atoms with Gasteiger partial charge in [0.25, 0.3) is 0 Å². The number of piperidine rings is 1. The monoisotopic (exact) mass is 274 g/mol. The smallest absolute Gasteiger partial charge is 0.123 e. The maximum Gasteiger partial charge on any atom is 0.123 e. The van der Waals surface area contributed by atoms with Gasteiger partial charge in [-0.1, -0.05) is 12.1 Å². The van der Waals surface area contributed by atoms with Crippen molar-refractivity contribution in [1.82, 2.24) is 10.2 Å². The van der Waals surface area contributed by atoms with Gasteiger partial charge < -0.3 is 10.6 Å². The number of halogens is 1. The second kappa shape index (κ2) is 5.63. The number of nitrogens with one attached hydrogen (secondary N) is 1. The molecule has 4 nitrogen and oxygen atoms in total. The highest BCUT2D eigenvalue weighted by Crippen LogP contribution is 2.24. The molecule has 0 radical (unpaired) electrons. The van der Waals surface area contributed by atoms with Crippen molar-refractivity contribution in [3.05, 3.63) is 47.5 Å². The van der Waals surface area contributed by atoms with Gasteiger partial charge in [-0.25, -0.2) is 4.39 Å². The lowest BCUT2D eigenvalue weighted by atomic mass is 10.0. The van der Waals surface area contributed by atoms with Crippen LogP contribution in [0.25, 0.3) is 0 Å². The average Bonchev–Trinajstić information content (AvgIpc) is 2.88. The zero-order chi connectivity index (χ0) is 13.9. The van der Waals surface area contributed by atoms with E-state index in [0.29, 0.717) is 12.5 Å². The minimum atomic E-state index is -0.201. The predicted octanol–water partition coefficient (Wildman–Crippen LogP) is 2.07. The third-order valence-corrected chi connectivity index (χ3v) is 3.85. The van der Waals surface area contributed by atoms with Gasteiger partial charge in [0, 0.05) is 25.6 Å². The molecular formula is C15H19FN4. The quantitative estimate of drug-likeness (QED) is 0.901. The molecule has 3 N–H and O–H groups in total. The molecule has 0 atom stereocenters. The Hall–Kier alpha value is -1.88. The van der Waals surface area contributed by atoms with E-state index in [2.05, 4.69) is 15.1 Å². The Morgan fingerprint density at radius 1 is 1.35 bits per heavy atom. The van der Waals surface area contributed by atoms with Crippen molar-refractivity contribution < 1.29 is 4.39 Å². The minimum Gasteiger partial charge on any atom is -0.369 e. The van der Waals surface area contributed by atoms with Crippen LogP contribution in [0.5, 0.6) is 0 Å². The number of benzene rings is 1. The van der Waals surface area contributed by atoms with Crippen molar-refractivity contribution in [2.45, 2.75) is 25.3 Å². The first-order chi connectivity index (χ1) is 9.72. The van der Waals surface area contributed by atoms with Crippen molar-refractivity contribution in [2.75, 3.05) is 18.0 Å². The molecule has 0 amide bonds. The Kier molecular flexibility index (Phi) is 3.69. The van der Waals surface area contributed by atoms with Crippen molar-refractivity contribution >= 4 is 5.69 Å². The standard InChI is InChI=1S/C15H19FN4/c16-12-3-1-2-11(8-12)9-14-15(10-18-19-14)20-6-4-13(17)5-7-20/h1-3,8,10,13H,4-7,9,17H2,(H,18,19). The normalized spacial score (nSPS) is 16.6. The van der Waals surface area contributed by atoms with Crippen molar-refractivity contribution in [3.63, 3.8) is 0 Å². The van der Waals surface area contributed by atoms with Gasteiger partial charge in [0.05, 0.1) is 17.6 Å². The summed E-state index contributed by atoms with van der Waals surface area (Å²) in [5.41, 5.74) is 9.03.